The van der Waals surface area contributed by atoms with E-state index in [4.69, 9.17) is 25.7 Å². The van der Waals surface area contributed by atoms with Crippen LogP contribution in [0.15, 0.2) is 82.6 Å². The number of rotatable bonds is 11. The van der Waals surface area contributed by atoms with Gasteiger partial charge in [0, 0.05) is 32.1 Å². The molecule has 0 atom stereocenters. The number of methoxy groups -OCH3 is 2. The van der Waals surface area contributed by atoms with Gasteiger partial charge in [-0.25, -0.2) is 19.9 Å². The van der Waals surface area contributed by atoms with Crippen LogP contribution in [0.25, 0.3) is 10.9 Å². The van der Waals surface area contributed by atoms with Crippen LogP contribution in [0, 0.1) is 12.8 Å². The van der Waals surface area contributed by atoms with E-state index in [1.165, 1.54) is 6.33 Å². The van der Waals surface area contributed by atoms with Gasteiger partial charge in [0.2, 0.25) is 5.88 Å². The number of allylic oxidation sites excluding steroid dienone is 1. The highest BCUT2D eigenvalue weighted by Gasteiger charge is 2.06. The first-order chi connectivity index (χ1) is 18.1. The van der Waals surface area contributed by atoms with Crippen LogP contribution in [0.4, 0.5) is 5.82 Å². The summed E-state index contributed by atoms with van der Waals surface area (Å²) in [5, 5.41) is 1.07. The number of benzene rings is 1. The zero-order chi connectivity index (χ0) is 26.9. The lowest BCUT2D eigenvalue weighted by Gasteiger charge is -2.07. The van der Waals surface area contributed by atoms with E-state index in [2.05, 4.69) is 37.8 Å². The molecule has 0 unspecified atom stereocenters. The van der Waals surface area contributed by atoms with E-state index in [-0.39, 0.29) is 12.6 Å². The third-order valence-electron chi connectivity index (χ3n) is 4.62. The number of guanidine groups is 1. The minimum Gasteiger partial charge on any atom is -0.471 e. The molecule has 2 aromatic heterocycles. The molecule has 3 aromatic rings. The number of nitrogens with zero attached hydrogens (tertiary/aromatic N) is 5. The maximum absolute atomic E-state index is 5.82. The number of nitrogens with two attached hydrogens (primary N) is 2. The molecule has 0 amide bonds. The van der Waals surface area contributed by atoms with Gasteiger partial charge in [-0.2, -0.15) is 4.99 Å². The van der Waals surface area contributed by atoms with E-state index in [1.807, 2.05) is 54.6 Å². The average molecular weight is 502 g/mol. The third kappa shape index (κ3) is 10.3. The summed E-state index contributed by atoms with van der Waals surface area (Å²) < 4.78 is 16.0. The number of para-hydroxylation sites is 1. The molecule has 0 aliphatic rings. The highest BCUT2D eigenvalue weighted by atomic mass is 16.5. The zero-order valence-corrected chi connectivity index (χ0v) is 20.9. The summed E-state index contributed by atoms with van der Waals surface area (Å²) in [6.45, 7) is 1.15. The van der Waals surface area contributed by atoms with Crippen molar-refractivity contribution in [3.8, 4) is 18.7 Å². The van der Waals surface area contributed by atoms with Gasteiger partial charge in [0.15, 0.2) is 11.8 Å². The van der Waals surface area contributed by atoms with E-state index >= 15 is 0 Å². The lowest BCUT2D eigenvalue weighted by molar-refractivity contribution is 0.232. The molecule has 1 aromatic carbocycles. The van der Waals surface area contributed by atoms with Gasteiger partial charge in [0.05, 0.1) is 24.4 Å². The highest BCUT2D eigenvalue weighted by Crippen LogP contribution is 2.18. The van der Waals surface area contributed by atoms with E-state index in [0.29, 0.717) is 37.2 Å². The smallest absolute Gasteiger partial charge is 0.218 e. The Morgan fingerprint density at radius 1 is 1.03 bits per heavy atom. The van der Waals surface area contributed by atoms with Crippen LogP contribution in [0.3, 0.4) is 0 Å². The summed E-state index contributed by atoms with van der Waals surface area (Å²) in [7, 11) is 3.24. The molecular weight excluding hydrogens is 470 g/mol. The van der Waals surface area contributed by atoms with E-state index < -0.39 is 0 Å². The average Bonchev–Trinajstić information content (AvgIpc) is 2.91. The van der Waals surface area contributed by atoms with Crippen molar-refractivity contribution in [2.45, 2.75) is 13.0 Å². The maximum Gasteiger partial charge on any atom is 0.218 e. The Kier molecular flexibility index (Phi) is 12.5. The molecule has 37 heavy (non-hydrogen) atoms. The quantitative estimate of drug-likeness (QED) is 0.176. The molecular formula is C27H31N7O3. The predicted octanol–water partition coefficient (Wildman–Crippen LogP) is 3.32. The maximum atomic E-state index is 5.82. The lowest BCUT2D eigenvalue weighted by Crippen LogP contribution is -2.24. The minimum absolute atomic E-state index is 0.108. The number of hydrogen-bond donors (Lipinski definition) is 2. The third-order valence-corrected chi connectivity index (χ3v) is 4.62. The fourth-order valence-electron chi connectivity index (χ4n) is 3.06. The van der Waals surface area contributed by atoms with Gasteiger partial charge in [-0.3, -0.25) is 0 Å². The Morgan fingerprint density at radius 3 is 2.57 bits per heavy atom. The second-order valence-electron chi connectivity index (χ2n) is 7.33. The first-order valence-corrected chi connectivity index (χ1v) is 11.2. The van der Waals surface area contributed by atoms with Gasteiger partial charge in [0.25, 0.3) is 0 Å². The van der Waals surface area contributed by atoms with Crippen molar-refractivity contribution in [1.29, 1.82) is 0 Å². The predicted molar refractivity (Wildman–Crippen MR) is 146 cm³/mol. The second kappa shape index (κ2) is 16.1. The van der Waals surface area contributed by atoms with Gasteiger partial charge in [-0.1, -0.05) is 42.5 Å². The zero-order valence-electron chi connectivity index (χ0n) is 20.9. The van der Waals surface area contributed by atoms with Crippen LogP contribution >= 0.6 is 0 Å². The van der Waals surface area contributed by atoms with E-state index in [1.54, 1.807) is 20.3 Å². The number of aliphatic imine (C=N–C) groups is 2. The van der Waals surface area contributed by atoms with Gasteiger partial charge < -0.3 is 25.7 Å². The highest BCUT2D eigenvalue weighted by molar-refractivity contribution is 5.97. The monoisotopic (exact) mass is 501 g/mol. The number of fused-ring (bicyclic) bond motifs is 1. The van der Waals surface area contributed by atoms with Crippen molar-refractivity contribution < 1.29 is 14.2 Å². The fourth-order valence-corrected chi connectivity index (χ4v) is 3.06. The number of ether oxygens (including phenoxy) is 3. The molecule has 0 radical (unpaired) electrons. The first kappa shape index (κ1) is 28.6. The normalized spacial score (nSPS) is 11.7. The number of hydrogen-bond acceptors (Lipinski definition) is 7. The molecule has 0 fully saturated rings. The molecule has 0 saturated heterocycles. The molecule has 0 bridgehead atoms. The molecule has 0 spiro atoms. The SMILES string of the molecule is C#C.COC/C=C\C(=C/COC)C/C(N=C(N)N)=N\c1cc(OCc2ccc3ccccc3n2)ncn1. The van der Waals surface area contributed by atoms with Crippen molar-refractivity contribution in [1.82, 2.24) is 15.0 Å². The summed E-state index contributed by atoms with van der Waals surface area (Å²) >= 11 is 0. The summed E-state index contributed by atoms with van der Waals surface area (Å²) in [6.07, 6.45) is 15.4. The fraction of sp³-hybridized carbons (Fsp3) is 0.222. The molecule has 10 nitrogen and oxygen atoms in total. The number of terminal acetylenes is 1. The van der Waals surface area contributed by atoms with Crippen LogP contribution in [-0.4, -0.2) is 54.2 Å². The van der Waals surface area contributed by atoms with Gasteiger partial charge in [0.1, 0.15) is 18.8 Å². The van der Waals surface area contributed by atoms with Gasteiger partial charge >= 0.3 is 0 Å². The summed E-state index contributed by atoms with van der Waals surface area (Å²) in [5.41, 5.74) is 13.8. The van der Waals surface area contributed by atoms with Crippen LogP contribution in [0.2, 0.25) is 0 Å². The molecule has 2 heterocycles. The molecule has 0 aliphatic carbocycles. The molecule has 10 heteroatoms. The molecule has 4 N–H and O–H groups in total. The van der Waals surface area contributed by atoms with Gasteiger partial charge in [-0.15, -0.1) is 12.8 Å². The van der Waals surface area contributed by atoms with Crippen LogP contribution in [-0.2, 0) is 16.1 Å². The Balaban J connectivity index is 0.00000235. The van der Waals surface area contributed by atoms with Crippen LogP contribution in [0.1, 0.15) is 12.1 Å². The number of amidine groups is 1. The summed E-state index contributed by atoms with van der Waals surface area (Å²) in [4.78, 5) is 21.6. The topological polar surface area (TPSA) is 143 Å². The van der Waals surface area contributed by atoms with Crippen LogP contribution in [0.5, 0.6) is 5.88 Å². The second-order valence-corrected chi connectivity index (χ2v) is 7.33. The van der Waals surface area contributed by atoms with Crippen molar-refractivity contribution in [3.05, 3.63) is 78.3 Å². The Bertz CT molecular complexity index is 1280. The summed E-state index contributed by atoms with van der Waals surface area (Å²) in [6, 6.07) is 13.4. The molecule has 3 rings (SSSR count). The largest absolute Gasteiger partial charge is 0.471 e. The Morgan fingerprint density at radius 2 is 1.81 bits per heavy atom. The standard InChI is InChI=1S/C25H29N7O3.C2H2/c1-33-12-5-6-18(11-13-34-2)14-23(32-25(26)27)31-22-15-24(29-17-28-22)35-16-20-10-9-19-7-3-4-8-21(19)30-20;1-2/h3-11,15,17H,12-14,16H2,1-2H3,(H4,26,27,28,29,31,32);1-2H/b6-5-,18-11+;. The van der Waals surface area contributed by atoms with Gasteiger partial charge in [-0.05, 0) is 17.7 Å². The first-order valence-electron chi connectivity index (χ1n) is 11.2. The molecule has 0 aliphatic heterocycles. The van der Waals surface area contributed by atoms with E-state index in [0.717, 1.165) is 22.2 Å². The number of pyridine rings is 1. The van der Waals surface area contributed by atoms with Crippen molar-refractivity contribution >= 4 is 28.5 Å². The number of aromatic nitrogens is 3. The van der Waals surface area contributed by atoms with Crippen molar-refractivity contribution in [2.24, 2.45) is 21.5 Å². The molecule has 192 valence electrons. The minimum atomic E-state index is -0.108. The molecule has 0 saturated carbocycles. The lowest BCUT2D eigenvalue weighted by atomic mass is 10.1. The Hall–Kier alpha value is -4.59. The Labute approximate surface area is 216 Å². The van der Waals surface area contributed by atoms with E-state index in [9.17, 15) is 0 Å². The van der Waals surface area contributed by atoms with Crippen molar-refractivity contribution in [2.75, 3.05) is 27.4 Å². The van der Waals surface area contributed by atoms with Crippen LogP contribution < -0.4 is 16.2 Å². The van der Waals surface area contributed by atoms with Crippen molar-refractivity contribution in [3.63, 3.8) is 0 Å². The summed E-state index contributed by atoms with van der Waals surface area (Å²) in [5.74, 6) is 0.972.